The van der Waals surface area contributed by atoms with Crippen LogP contribution in [0.1, 0.15) is 25.7 Å². The molecule has 0 bridgehead atoms. The Morgan fingerprint density at radius 2 is 2.08 bits per heavy atom. The van der Waals surface area contributed by atoms with Gasteiger partial charge >= 0.3 is 0 Å². The van der Waals surface area contributed by atoms with Crippen LogP contribution in [0.3, 0.4) is 0 Å². The van der Waals surface area contributed by atoms with Gasteiger partial charge in [-0.05, 0) is 37.8 Å². The number of nitrogens with one attached hydrogen (secondary N) is 1. The highest BCUT2D eigenvalue weighted by Gasteiger charge is 2.35. The second-order valence-electron chi connectivity index (χ2n) is 5.91. The predicted octanol–water partition coefficient (Wildman–Crippen LogP) is 2.66. The maximum Gasteiger partial charge on any atom is 0.261 e. The van der Waals surface area contributed by atoms with E-state index < -0.39 is 17.0 Å². The minimum Gasteiger partial charge on any atom is -0.336 e. The number of benzene rings is 1. The highest BCUT2D eigenvalue weighted by Crippen LogP contribution is 2.29. The summed E-state index contributed by atoms with van der Waals surface area (Å²) in [5.41, 5.74) is -0.888. The molecule has 0 aliphatic heterocycles. The van der Waals surface area contributed by atoms with Crippen LogP contribution in [0.2, 0.25) is 10.0 Å². The number of hydrogen-bond acceptors (Lipinski definition) is 4. The lowest BCUT2D eigenvalue weighted by atomic mass is 10.00. The molecule has 0 spiro atoms. The summed E-state index contributed by atoms with van der Waals surface area (Å²) in [6.45, 7) is -0.213. The number of halogens is 2. The SMILES string of the molecule is N#CC1(NC(=O)Cn2cnc3c(Cl)cc(Cl)cc3c2=O)CCCC1. The van der Waals surface area contributed by atoms with E-state index in [0.717, 1.165) is 12.8 Å². The van der Waals surface area contributed by atoms with Crippen molar-refractivity contribution in [2.75, 3.05) is 0 Å². The maximum absolute atomic E-state index is 12.5. The van der Waals surface area contributed by atoms with Crippen molar-refractivity contribution >= 4 is 40.0 Å². The smallest absolute Gasteiger partial charge is 0.261 e. The molecule has 2 aromatic rings. The molecule has 124 valence electrons. The molecule has 3 rings (SSSR count). The second-order valence-corrected chi connectivity index (χ2v) is 6.75. The molecule has 1 heterocycles. The van der Waals surface area contributed by atoms with Gasteiger partial charge in [-0.1, -0.05) is 23.2 Å². The van der Waals surface area contributed by atoms with Gasteiger partial charge in [0.1, 0.15) is 12.1 Å². The number of hydrogen-bond donors (Lipinski definition) is 1. The van der Waals surface area contributed by atoms with Crippen molar-refractivity contribution in [2.24, 2.45) is 0 Å². The fourth-order valence-electron chi connectivity index (χ4n) is 3.01. The molecule has 6 nitrogen and oxygen atoms in total. The van der Waals surface area contributed by atoms with Crippen LogP contribution in [0.15, 0.2) is 23.3 Å². The van der Waals surface area contributed by atoms with Gasteiger partial charge in [-0.15, -0.1) is 0 Å². The lowest BCUT2D eigenvalue weighted by Gasteiger charge is -2.22. The van der Waals surface area contributed by atoms with Gasteiger partial charge in [-0.3, -0.25) is 14.2 Å². The minimum atomic E-state index is -0.822. The third-order valence-electron chi connectivity index (χ3n) is 4.21. The first kappa shape index (κ1) is 16.7. The van der Waals surface area contributed by atoms with Gasteiger partial charge in [0, 0.05) is 5.02 Å². The maximum atomic E-state index is 12.5. The monoisotopic (exact) mass is 364 g/mol. The zero-order chi connectivity index (χ0) is 17.3. The van der Waals surface area contributed by atoms with E-state index >= 15 is 0 Å². The van der Waals surface area contributed by atoms with Crippen LogP contribution in [0.25, 0.3) is 10.9 Å². The average Bonchev–Trinajstić information content (AvgIpc) is 2.99. The van der Waals surface area contributed by atoms with Crippen LogP contribution in [-0.4, -0.2) is 21.0 Å². The number of rotatable bonds is 3. The third-order valence-corrected chi connectivity index (χ3v) is 4.72. The third kappa shape index (κ3) is 3.10. The molecule has 1 aromatic carbocycles. The number of fused-ring (bicyclic) bond motifs is 1. The first-order valence-electron chi connectivity index (χ1n) is 7.51. The van der Waals surface area contributed by atoms with E-state index in [2.05, 4.69) is 16.4 Å². The number of nitrogens with zero attached hydrogens (tertiary/aromatic N) is 3. The Balaban J connectivity index is 1.88. The average molecular weight is 365 g/mol. The van der Waals surface area contributed by atoms with E-state index in [4.69, 9.17) is 23.2 Å². The summed E-state index contributed by atoms with van der Waals surface area (Å²) in [5.74, 6) is -0.394. The Labute approximate surface area is 148 Å². The summed E-state index contributed by atoms with van der Waals surface area (Å²) in [5, 5.41) is 12.9. The molecule has 0 saturated heterocycles. The predicted molar refractivity (Wildman–Crippen MR) is 91.0 cm³/mol. The zero-order valence-corrected chi connectivity index (χ0v) is 14.2. The van der Waals surface area contributed by atoms with Crippen molar-refractivity contribution in [2.45, 2.75) is 37.8 Å². The molecule has 1 aromatic heterocycles. The highest BCUT2D eigenvalue weighted by molar-refractivity contribution is 6.38. The van der Waals surface area contributed by atoms with Crippen LogP contribution >= 0.6 is 23.2 Å². The van der Waals surface area contributed by atoms with E-state index in [0.29, 0.717) is 23.4 Å². The first-order valence-corrected chi connectivity index (χ1v) is 8.26. The standard InChI is InChI=1S/C16H14Cl2N4O2/c17-10-5-11-14(12(18)6-10)20-9-22(15(11)24)7-13(23)21-16(8-19)3-1-2-4-16/h5-6,9H,1-4,7H2,(H,21,23). The molecule has 0 radical (unpaired) electrons. The van der Waals surface area contributed by atoms with Crippen molar-refractivity contribution in [3.63, 3.8) is 0 Å². The summed E-state index contributed by atoms with van der Waals surface area (Å²) in [6, 6.07) is 5.16. The Hall–Kier alpha value is -2.10. The minimum absolute atomic E-state index is 0.213. The van der Waals surface area contributed by atoms with Crippen LogP contribution in [0.5, 0.6) is 0 Å². The van der Waals surface area contributed by atoms with E-state index in [9.17, 15) is 14.9 Å². The number of aromatic nitrogens is 2. The summed E-state index contributed by atoms with van der Waals surface area (Å²) >= 11 is 12.0. The lowest BCUT2D eigenvalue weighted by molar-refractivity contribution is -0.123. The zero-order valence-electron chi connectivity index (χ0n) is 12.7. The van der Waals surface area contributed by atoms with E-state index in [1.807, 2.05) is 0 Å². The molecule has 1 aliphatic rings. The topological polar surface area (TPSA) is 87.8 Å². The van der Waals surface area contributed by atoms with Crippen molar-refractivity contribution in [1.82, 2.24) is 14.9 Å². The number of carbonyl (C=O) groups excluding carboxylic acids is 1. The van der Waals surface area contributed by atoms with Crippen molar-refractivity contribution < 1.29 is 4.79 Å². The number of nitriles is 1. The lowest BCUT2D eigenvalue weighted by Crippen LogP contribution is -2.47. The van der Waals surface area contributed by atoms with Crippen molar-refractivity contribution in [3.05, 3.63) is 38.9 Å². The van der Waals surface area contributed by atoms with Gasteiger partial charge in [-0.2, -0.15) is 5.26 Å². The number of carbonyl (C=O) groups is 1. The Morgan fingerprint density at radius 3 is 2.75 bits per heavy atom. The Morgan fingerprint density at radius 1 is 1.38 bits per heavy atom. The van der Waals surface area contributed by atoms with E-state index in [1.165, 1.54) is 23.0 Å². The molecular weight excluding hydrogens is 351 g/mol. The molecule has 0 atom stereocenters. The molecule has 0 unspecified atom stereocenters. The summed E-state index contributed by atoms with van der Waals surface area (Å²) in [4.78, 5) is 28.9. The summed E-state index contributed by atoms with van der Waals surface area (Å²) in [7, 11) is 0. The quantitative estimate of drug-likeness (QED) is 0.906. The molecule has 24 heavy (non-hydrogen) atoms. The second kappa shape index (κ2) is 6.42. The number of amides is 1. The normalized spacial score (nSPS) is 16.0. The van der Waals surface area contributed by atoms with Gasteiger partial charge < -0.3 is 5.32 Å². The Bertz CT molecular complexity index is 911. The van der Waals surface area contributed by atoms with Crippen LogP contribution in [-0.2, 0) is 11.3 Å². The van der Waals surface area contributed by atoms with Gasteiger partial charge in [-0.25, -0.2) is 4.98 Å². The molecular formula is C16H14Cl2N4O2. The van der Waals surface area contributed by atoms with Crippen LogP contribution < -0.4 is 10.9 Å². The largest absolute Gasteiger partial charge is 0.336 e. The van der Waals surface area contributed by atoms with Crippen LogP contribution in [0.4, 0.5) is 0 Å². The molecule has 8 heteroatoms. The summed E-state index contributed by atoms with van der Waals surface area (Å²) < 4.78 is 1.18. The van der Waals surface area contributed by atoms with Crippen LogP contribution in [0, 0.1) is 11.3 Å². The molecule has 1 fully saturated rings. The molecule has 1 N–H and O–H groups in total. The van der Waals surface area contributed by atoms with Crippen molar-refractivity contribution in [3.8, 4) is 6.07 Å². The molecule has 1 amide bonds. The first-order chi connectivity index (χ1) is 11.4. The van der Waals surface area contributed by atoms with Gasteiger partial charge in [0.25, 0.3) is 5.56 Å². The van der Waals surface area contributed by atoms with Gasteiger partial charge in [0.15, 0.2) is 0 Å². The summed E-state index contributed by atoms with van der Waals surface area (Å²) in [6.07, 6.45) is 4.35. The van der Waals surface area contributed by atoms with E-state index in [1.54, 1.807) is 0 Å². The van der Waals surface area contributed by atoms with Gasteiger partial charge in [0.05, 0.1) is 28.3 Å². The van der Waals surface area contributed by atoms with Gasteiger partial charge in [0.2, 0.25) is 5.91 Å². The fraction of sp³-hybridized carbons (Fsp3) is 0.375. The Kier molecular flexibility index (Phi) is 4.48. The fourth-order valence-corrected chi connectivity index (χ4v) is 3.55. The van der Waals surface area contributed by atoms with E-state index in [-0.39, 0.29) is 17.0 Å². The van der Waals surface area contributed by atoms with Crippen molar-refractivity contribution in [1.29, 1.82) is 5.26 Å². The molecule has 1 aliphatic carbocycles. The molecule has 1 saturated carbocycles. The highest BCUT2D eigenvalue weighted by atomic mass is 35.5.